The van der Waals surface area contributed by atoms with Gasteiger partial charge in [0.15, 0.2) is 5.69 Å². The predicted octanol–water partition coefficient (Wildman–Crippen LogP) is 1.52. The first kappa shape index (κ1) is 12.9. The van der Waals surface area contributed by atoms with E-state index in [-0.39, 0.29) is 11.9 Å². The Morgan fingerprint density at radius 1 is 1.58 bits per heavy atom. The van der Waals surface area contributed by atoms with Gasteiger partial charge in [-0.3, -0.25) is 4.79 Å². The molecule has 1 amide bonds. The van der Waals surface area contributed by atoms with Crippen molar-refractivity contribution >= 4 is 27.5 Å². The molecule has 6 heteroatoms. The largest absolute Gasteiger partial charge is 0.377 e. The number of hydrogen-bond donors (Lipinski definition) is 0. The third-order valence-corrected chi connectivity index (χ3v) is 4.11. The normalized spacial score (nSPS) is 22.8. The van der Waals surface area contributed by atoms with Gasteiger partial charge in [-0.05, 0) is 28.9 Å². The van der Waals surface area contributed by atoms with Crippen LogP contribution in [0.2, 0.25) is 0 Å². The molecule has 3 rings (SSSR count). The number of morpholine rings is 1. The van der Waals surface area contributed by atoms with Crippen LogP contribution in [0.5, 0.6) is 0 Å². The van der Waals surface area contributed by atoms with Crippen LogP contribution in [0, 0.1) is 0 Å². The predicted molar refractivity (Wildman–Crippen MR) is 75.5 cm³/mol. The lowest BCUT2D eigenvalue weighted by Gasteiger charge is -2.37. The molecule has 3 heterocycles. The van der Waals surface area contributed by atoms with Crippen molar-refractivity contribution in [3.8, 4) is 0 Å². The second-order valence-corrected chi connectivity index (χ2v) is 5.70. The summed E-state index contributed by atoms with van der Waals surface area (Å²) in [4.78, 5) is 20.9. The quantitative estimate of drug-likeness (QED) is 0.785. The topological polar surface area (TPSA) is 45.7 Å². The van der Waals surface area contributed by atoms with Crippen LogP contribution in [0.15, 0.2) is 16.7 Å². The first-order valence-corrected chi connectivity index (χ1v) is 7.29. The van der Waals surface area contributed by atoms with Crippen molar-refractivity contribution in [3.05, 3.63) is 22.4 Å². The fourth-order valence-electron chi connectivity index (χ4n) is 2.70. The third kappa shape index (κ3) is 2.23. The Morgan fingerprint density at radius 3 is 3.21 bits per heavy atom. The van der Waals surface area contributed by atoms with Crippen LogP contribution in [-0.4, -0.2) is 54.7 Å². The van der Waals surface area contributed by atoms with Gasteiger partial charge in [0, 0.05) is 30.3 Å². The standard InChI is InChI=1S/C13H16BrN3O2/c1-2-16-7-10-8-19-4-3-17(10)11-5-9(14)6-15-12(11)13(16)18/h5-6,10H,2-4,7-8H2,1H3. The summed E-state index contributed by atoms with van der Waals surface area (Å²) in [6.45, 7) is 5.55. The van der Waals surface area contributed by atoms with E-state index in [4.69, 9.17) is 4.74 Å². The zero-order valence-corrected chi connectivity index (χ0v) is 12.4. The summed E-state index contributed by atoms with van der Waals surface area (Å²) in [6, 6.07) is 2.20. The Hall–Kier alpha value is -1.14. The van der Waals surface area contributed by atoms with Gasteiger partial charge in [-0.25, -0.2) is 4.98 Å². The summed E-state index contributed by atoms with van der Waals surface area (Å²) in [5.41, 5.74) is 1.47. The molecule has 0 N–H and O–H groups in total. The van der Waals surface area contributed by atoms with Gasteiger partial charge in [0.2, 0.25) is 0 Å². The summed E-state index contributed by atoms with van der Waals surface area (Å²) in [5, 5.41) is 0. The number of nitrogens with zero attached hydrogens (tertiary/aromatic N) is 3. The van der Waals surface area contributed by atoms with E-state index in [1.54, 1.807) is 6.20 Å². The third-order valence-electron chi connectivity index (χ3n) is 3.67. The smallest absolute Gasteiger partial charge is 0.274 e. The highest BCUT2D eigenvalue weighted by Gasteiger charge is 2.34. The molecule has 1 aromatic heterocycles. The Morgan fingerprint density at radius 2 is 2.42 bits per heavy atom. The SMILES string of the molecule is CCN1CC2COCCN2c2cc(Br)cnc2C1=O. The molecule has 102 valence electrons. The number of anilines is 1. The van der Waals surface area contributed by atoms with Gasteiger partial charge in [0.1, 0.15) is 0 Å². The zero-order valence-electron chi connectivity index (χ0n) is 10.8. The molecule has 1 atom stereocenters. The fourth-order valence-corrected chi connectivity index (χ4v) is 3.01. The zero-order chi connectivity index (χ0) is 13.4. The number of carbonyl (C=O) groups is 1. The molecule has 1 fully saturated rings. The van der Waals surface area contributed by atoms with Crippen molar-refractivity contribution in [2.75, 3.05) is 37.7 Å². The molecule has 0 radical (unpaired) electrons. The van der Waals surface area contributed by atoms with Gasteiger partial charge in [-0.15, -0.1) is 0 Å². The second kappa shape index (κ2) is 5.09. The van der Waals surface area contributed by atoms with Crippen molar-refractivity contribution in [2.45, 2.75) is 13.0 Å². The molecule has 0 aromatic carbocycles. The molecule has 2 aliphatic rings. The van der Waals surface area contributed by atoms with Crippen LogP contribution in [0.25, 0.3) is 0 Å². The van der Waals surface area contributed by atoms with Gasteiger partial charge < -0.3 is 14.5 Å². The molecule has 1 saturated heterocycles. The van der Waals surface area contributed by atoms with Crippen LogP contribution >= 0.6 is 15.9 Å². The van der Waals surface area contributed by atoms with Crippen LogP contribution in [0.1, 0.15) is 17.4 Å². The van der Waals surface area contributed by atoms with Crippen molar-refractivity contribution in [1.29, 1.82) is 0 Å². The van der Waals surface area contributed by atoms with Crippen molar-refractivity contribution in [1.82, 2.24) is 9.88 Å². The Balaban J connectivity index is 2.10. The minimum atomic E-state index is 0.0133. The van der Waals surface area contributed by atoms with E-state index in [1.165, 1.54) is 0 Å². The minimum Gasteiger partial charge on any atom is -0.377 e. The number of likely N-dealkylation sites (N-methyl/N-ethyl adjacent to an activating group) is 1. The van der Waals surface area contributed by atoms with E-state index < -0.39 is 0 Å². The number of pyridine rings is 1. The first-order chi connectivity index (χ1) is 9.20. The van der Waals surface area contributed by atoms with Gasteiger partial charge >= 0.3 is 0 Å². The Kier molecular flexibility index (Phi) is 3.45. The maximum absolute atomic E-state index is 12.5. The summed E-state index contributed by atoms with van der Waals surface area (Å²) in [7, 11) is 0. The van der Waals surface area contributed by atoms with Crippen molar-refractivity contribution in [2.24, 2.45) is 0 Å². The molecular weight excluding hydrogens is 310 g/mol. The molecule has 1 unspecified atom stereocenters. The number of halogens is 1. The number of amides is 1. The average molecular weight is 326 g/mol. The molecule has 0 bridgehead atoms. The van der Waals surface area contributed by atoms with Crippen LogP contribution in [0.4, 0.5) is 5.69 Å². The molecular formula is C13H16BrN3O2. The number of rotatable bonds is 1. The van der Waals surface area contributed by atoms with E-state index in [0.29, 0.717) is 32.0 Å². The Bertz CT molecular complexity index is 509. The van der Waals surface area contributed by atoms with Gasteiger partial charge in [0.25, 0.3) is 5.91 Å². The monoisotopic (exact) mass is 325 g/mol. The van der Waals surface area contributed by atoms with E-state index >= 15 is 0 Å². The van der Waals surface area contributed by atoms with Crippen molar-refractivity contribution < 1.29 is 9.53 Å². The Labute approximate surface area is 120 Å². The molecule has 0 spiro atoms. The second-order valence-electron chi connectivity index (χ2n) is 4.79. The lowest BCUT2D eigenvalue weighted by Crippen LogP contribution is -2.50. The molecule has 5 nitrogen and oxygen atoms in total. The number of hydrogen-bond acceptors (Lipinski definition) is 4. The molecule has 1 aromatic rings. The minimum absolute atomic E-state index is 0.0133. The average Bonchev–Trinajstić information content (AvgIpc) is 2.55. The van der Waals surface area contributed by atoms with E-state index in [9.17, 15) is 4.79 Å². The summed E-state index contributed by atoms with van der Waals surface area (Å²) in [5.74, 6) is 0.0133. The van der Waals surface area contributed by atoms with E-state index in [0.717, 1.165) is 16.7 Å². The van der Waals surface area contributed by atoms with Gasteiger partial charge in [-0.2, -0.15) is 0 Å². The summed E-state index contributed by atoms with van der Waals surface area (Å²) in [6.07, 6.45) is 1.69. The number of ether oxygens (including phenoxy) is 1. The van der Waals surface area contributed by atoms with Gasteiger partial charge in [-0.1, -0.05) is 0 Å². The number of carbonyl (C=O) groups excluding carboxylic acids is 1. The lowest BCUT2D eigenvalue weighted by molar-refractivity contribution is 0.0650. The summed E-state index contributed by atoms with van der Waals surface area (Å²) >= 11 is 3.44. The molecule has 2 aliphatic heterocycles. The highest BCUT2D eigenvalue weighted by molar-refractivity contribution is 9.10. The van der Waals surface area contributed by atoms with Crippen LogP contribution < -0.4 is 4.90 Å². The van der Waals surface area contributed by atoms with Gasteiger partial charge in [0.05, 0.1) is 24.9 Å². The van der Waals surface area contributed by atoms with Crippen molar-refractivity contribution in [3.63, 3.8) is 0 Å². The maximum atomic E-state index is 12.5. The lowest BCUT2D eigenvalue weighted by atomic mass is 10.2. The molecule has 19 heavy (non-hydrogen) atoms. The molecule has 0 saturated carbocycles. The van der Waals surface area contributed by atoms with E-state index in [1.807, 2.05) is 17.9 Å². The number of aromatic nitrogens is 1. The highest BCUT2D eigenvalue weighted by Crippen LogP contribution is 2.30. The van der Waals surface area contributed by atoms with Crippen LogP contribution in [0.3, 0.4) is 0 Å². The molecule has 0 aliphatic carbocycles. The first-order valence-electron chi connectivity index (χ1n) is 6.50. The maximum Gasteiger partial charge on any atom is 0.274 e. The van der Waals surface area contributed by atoms with Crippen LogP contribution in [-0.2, 0) is 4.74 Å². The highest BCUT2D eigenvalue weighted by atomic mass is 79.9. The summed E-state index contributed by atoms with van der Waals surface area (Å²) < 4.78 is 6.45. The number of fused-ring (bicyclic) bond motifs is 3. The van der Waals surface area contributed by atoms with E-state index in [2.05, 4.69) is 25.8 Å². The fraction of sp³-hybridized carbons (Fsp3) is 0.538.